The van der Waals surface area contributed by atoms with E-state index in [2.05, 4.69) is 4.90 Å². The molecule has 0 bridgehead atoms. The van der Waals surface area contributed by atoms with E-state index in [-0.39, 0.29) is 28.9 Å². The number of hydrogen-bond acceptors (Lipinski definition) is 5. The molecule has 1 aliphatic rings. The molecule has 1 aromatic heterocycles. The predicted octanol–water partition coefficient (Wildman–Crippen LogP) is 4.49. The molecule has 1 saturated heterocycles. The van der Waals surface area contributed by atoms with Crippen molar-refractivity contribution in [1.82, 2.24) is 14.0 Å². The summed E-state index contributed by atoms with van der Waals surface area (Å²) < 4.78 is 16.7. The van der Waals surface area contributed by atoms with Crippen LogP contribution in [0.5, 0.6) is 0 Å². The fraction of sp³-hybridized carbons (Fsp3) is 0.286. The van der Waals surface area contributed by atoms with Crippen LogP contribution in [0.2, 0.25) is 0 Å². The number of benzene rings is 3. The zero-order valence-electron chi connectivity index (χ0n) is 20.3. The zero-order valence-corrected chi connectivity index (χ0v) is 20.3. The van der Waals surface area contributed by atoms with Gasteiger partial charge in [-0.15, -0.1) is 0 Å². The molecule has 3 aromatic carbocycles. The van der Waals surface area contributed by atoms with Gasteiger partial charge in [0.2, 0.25) is 0 Å². The molecule has 37 heavy (non-hydrogen) atoms. The van der Waals surface area contributed by atoms with Crippen LogP contribution in [0.3, 0.4) is 0 Å². The summed E-state index contributed by atoms with van der Waals surface area (Å²) >= 11 is 0. The highest BCUT2D eigenvalue weighted by Gasteiger charge is 2.26. The van der Waals surface area contributed by atoms with Crippen molar-refractivity contribution < 1.29 is 14.1 Å². The maximum Gasteiger partial charge on any atom is 0.329 e. The maximum atomic E-state index is 13.4. The van der Waals surface area contributed by atoms with Gasteiger partial charge in [0.25, 0.3) is 5.69 Å². The molecule has 0 unspecified atom stereocenters. The SMILES string of the molecule is O=C(c1ccc(F)cc1)C1CCN(CCn2c(=O)n(Cc3ccc([N+](=O)[O-])cc3)c3ccccc32)CC1. The lowest BCUT2D eigenvalue weighted by atomic mass is 9.89. The fourth-order valence-corrected chi connectivity index (χ4v) is 5.06. The number of ketones is 1. The Kier molecular flexibility index (Phi) is 6.96. The second-order valence-corrected chi connectivity index (χ2v) is 9.42. The molecular formula is C28H27FN4O4. The van der Waals surface area contributed by atoms with Gasteiger partial charge in [0, 0.05) is 36.7 Å². The van der Waals surface area contributed by atoms with Crippen LogP contribution < -0.4 is 5.69 Å². The van der Waals surface area contributed by atoms with E-state index in [1.807, 2.05) is 24.3 Å². The number of carbonyl (C=O) groups excluding carboxylic acids is 1. The molecule has 0 spiro atoms. The van der Waals surface area contributed by atoms with Gasteiger partial charge in [-0.25, -0.2) is 9.18 Å². The maximum absolute atomic E-state index is 13.4. The largest absolute Gasteiger partial charge is 0.329 e. The van der Waals surface area contributed by atoms with Gasteiger partial charge in [0.15, 0.2) is 5.78 Å². The summed E-state index contributed by atoms with van der Waals surface area (Å²) in [7, 11) is 0. The Morgan fingerprint density at radius 2 is 1.51 bits per heavy atom. The summed E-state index contributed by atoms with van der Waals surface area (Å²) in [5, 5.41) is 10.9. The number of rotatable bonds is 8. The second kappa shape index (κ2) is 10.5. The number of nitro groups is 1. The first-order valence-electron chi connectivity index (χ1n) is 12.3. The highest BCUT2D eigenvalue weighted by atomic mass is 19.1. The van der Waals surface area contributed by atoms with E-state index in [9.17, 15) is 24.1 Å². The molecule has 0 amide bonds. The molecule has 0 atom stereocenters. The Morgan fingerprint density at radius 3 is 2.14 bits per heavy atom. The van der Waals surface area contributed by atoms with Crippen LogP contribution in [0.1, 0.15) is 28.8 Å². The molecule has 4 aromatic rings. The zero-order chi connectivity index (χ0) is 25.9. The Labute approximate surface area is 212 Å². The quantitative estimate of drug-likeness (QED) is 0.201. The van der Waals surface area contributed by atoms with Gasteiger partial charge >= 0.3 is 5.69 Å². The van der Waals surface area contributed by atoms with Crippen LogP contribution in [0.15, 0.2) is 77.6 Å². The van der Waals surface area contributed by atoms with Gasteiger partial charge in [-0.05, 0) is 67.9 Å². The van der Waals surface area contributed by atoms with Crippen LogP contribution in [-0.4, -0.2) is 44.4 Å². The number of nitro benzene ring substituents is 1. The number of hydrogen-bond donors (Lipinski definition) is 0. The average Bonchev–Trinajstić information content (AvgIpc) is 3.18. The number of non-ortho nitro benzene ring substituents is 1. The number of likely N-dealkylation sites (tertiary alicyclic amines) is 1. The molecule has 0 aliphatic carbocycles. The molecule has 1 fully saturated rings. The standard InChI is InChI=1S/C28H27FN4O4/c29-23-9-7-21(8-10-23)27(34)22-13-15-30(16-14-22)17-18-31-25-3-1-2-4-26(25)32(28(31)35)19-20-5-11-24(12-6-20)33(36)37/h1-12,22H,13-19H2. The van der Waals surface area contributed by atoms with E-state index < -0.39 is 4.92 Å². The van der Waals surface area contributed by atoms with Crippen LogP contribution in [0, 0.1) is 21.8 Å². The molecular weight excluding hydrogens is 475 g/mol. The Morgan fingerprint density at radius 1 is 0.892 bits per heavy atom. The molecule has 0 radical (unpaired) electrons. The summed E-state index contributed by atoms with van der Waals surface area (Å²) in [6.45, 7) is 3.04. The summed E-state index contributed by atoms with van der Waals surface area (Å²) in [6, 6.07) is 19.6. The highest BCUT2D eigenvalue weighted by Crippen LogP contribution is 2.23. The van der Waals surface area contributed by atoms with Gasteiger partial charge in [-0.2, -0.15) is 0 Å². The van der Waals surface area contributed by atoms with Crippen molar-refractivity contribution in [3.05, 3.63) is 110 Å². The lowest BCUT2D eigenvalue weighted by Gasteiger charge is -2.31. The third kappa shape index (κ3) is 5.22. The number of imidazole rings is 1. The minimum absolute atomic E-state index is 0.0154. The Bertz CT molecular complexity index is 1480. The van der Waals surface area contributed by atoms with E-state index in [0.717, 1.165) is 42.5 Å². The number of piperidine rings is 1. The topological polar surface area (TPSA) is 90.4 Å². The van der Waals surface area contributed by atoms with Gasteiger partial charge in [0.1, 0.15) is 5.82 Å². The molecule has 1 aliphatic heterocycles. The predicted molar refractivity (Wildman–Crippen MR) is 138 cm³/mol. The number of carbonyl (C=O) groups is 1. The molecule has 0 N–H and O–H groups in total. The summed E-state index contributed by atoms with van der Waals surface area (Å²) in [5.74, 6) is -0.367. The fourth-order valence-electron chi connectivity index (χ4n) is 5.06. The number of para-hydroxylation sites is 2. The third-order valence-electron chi connectivity index (χ3n) is 7.14. The molecule has 190 valence electrons. The highest BCUT2D eigenvalue weighted by molar-refractivity contribution is 5.97. The monoisotopic (exact) mass is 502 g/mol. The number of fused-ring (bicyclic) bond motifs is 1. The molecule has 2 heterocycles. The Balaban J connectivity index is 1.26. The molecule has 8 nitrogen and oxygen atoms in total. The van der Waals surface area contributed by atoms with Gasteiger partial charge in [0.05, 0.1) is 22.5 Å². The normalized spacial score (nSPS) is 14.7. The molecule has 0 saturated carbocycles. The van der Waals surface area contributed by atoms with E-state index >= 15 is 0 Å². The van der Waals surface area contributed by atoms with Crippen molar-refractivity contribution in [2.75, 3.05) is 19.6 Å². The number of halogens is 1. The first-order valence-corrected chi connectivity index (χ1v) is 12.3. The van der Waals surface area contributed by atoms with Crippen molar-refractivity contribution in [3.8, 4) is 0 Å². The van der Waals surface area contributed by atoms with Crippen LogP contribution >= 0.6 is 0 Å². The van der Waals surface area contributed by atoms with Crippen LogP contribution in [-0.2, 0) is 13.1 Å². The lowest BCUT2D eigenvalue weighted by Crippen LogP contribution is -2.39. The first kappa shape index (κ1) is 24.6. The van der Waals surface area contributed by atoms with Crippen molar-refractivity contribution in [3.63, 3.8) is 0 Å². The van der Waals surface area contributed by atoms with Gasteiger partial charge in [-0.1, -0.05) is 24.3 Å². The van der Waals surface area contributed by atoms with Crippen LogP contribution in [0.4, 0.5) is 10.1 Å². The number of aromatic nitrogens is 2. The minimum Gasteiger partial charge on any atom is -0.302 e. The lowest BCUT2D eigenvalue weighted by molar-refractivity contribution is -0.384. The average molecular weight is 503 g/mol. The van der Waals surface area contributed by atoms with Crippen molar-refractivity contribution in [1.29, 1.82) is 0 Å². The number of nitrogens with zero attached hydrogens (tertiary/aromatic N) is 4. The van der Waals surface area contributed by atoms with E-state index in [0.29, 0.717) is 25.2 Å². The van der Waals surface area contributed by atoms with Crippen LogP contribution in [0.25, 0.3) is 11.0 Å². The van der Waals surface area contributed by atoms with Crippen molar-refractivity contribution in [2.45, 2.75) is 25.9 Å². The first-order chi connectivity index (χ1) is 17.9. The van der Waals surface area contributed by atoms with Crippen molar-refractivity contribution >= 4 is 22.5 Å². The van der Waals surface area contributed by atoms with E-state index in [1.165, 1.54) is 24.3 Å². The minimum atomic E-state index is -0.441. The van der Waals surface area contributed by atoms with Crippen molar-refractivity contribution in [2.24, 2.45) is 5.92 Å². The summed E-state index contributed by atoms with van der Waals surface area (Å²) in [5.41, 5.74) is 2.91. The Hall–Kier alpha value is -4.11. The summed E-state index contributed by atoms with van der Waals surface area (Å²) in [4.78, 5) is 38.9. The van der Waals surface area contributed by atoms with Gasteiger partial charge in [-0.3, -0.25) is 24.0 Å². The summed E-state index contributed by atoms with van der Waals surface area (Å²) in [6.07, 6.45) is 1.46. The number of Topliss-reactive ketones (excluding diaryl/α,β-unsaturated/α-hetero) is 1. The second-order valence-electron chi connectivity index (χ2n) is 9.42. The smallest absolute Gasteiger partial charge is 0.302 e. The third-order valence-corrected chi connectivity index (χ3v) is 7.14. The van der Waals surface area contributed by atoms with Gasteiger partial charge < -0.3 is 4.90 Å². The van der Waals surface area contributed by atoms with E-state index in [1.54, 1.807) is 33.4 Å². The van der Waals surface area contributed by atoms with E-state index in [4.69, 9.17) is 0 Å². The molecule has 5 rings (SSSR count). The molecule has 9 heteroatoms.